The average molecular weight is 534 g/mol. The molecule has 2 aliphatic rings. The molecule has 0 aromatic heterocycles. The number of piperidine rings is 1. The Bertz CT molecular complexity index is 1060. The molecule has 2 heterocycles. The number of hydrogen-bond acceptors (Lipinski definition) is 2. The Morgan fingerprint density at radius 3 is 1.76 bits per heavy atom. The lowest BCUT2D eigenvalue weighted by atomic mass is 9.63. The molecule has 0 saturated carbocycles. The number of hydrogen-bond donors (Lipinski definition) is 1. The number of fused-ring (bicyclic) bond motifs is 2. The molecule has 3 nitrogen and oxygen atoms in total. The Hall–Kier alpha value is -2.35. The van der Waals surface area contributed by atoms with Crippen molar-refractivity contribution in [1.29, 1.82) is 0 Å². The summed E-state index contributed by atoms with van der Waals surface area (Å²) in [4.78, 5) is 0. The highest BCUT2D eigenvalue weighted by Gasteiger charge is 2.65. The summed E-state index contributed by atoms with van der Waals surface area (Å²) in [5, 5.41) is 12.4. The number of nitrogens with zero attached hydrogens (tertiary/aromatic N) is 1. The molecule has 2 fully saturated rings. The molecule has 2 aliphatic heterocycles. The van der Waals surface area contributed by atoms with Gasteiger partial charge in [-0.05, 0) is 35.4 Å². The van der Waals surface area contributed by atoms with E-state index in [2.05, 4.69) is 4.74 Å². The second kappa shape index (κ2) is 9.02. The van der Waals surface area contributed by atoms with Crippen LogP contribution in [0.25, 0.3) is 0 Å². The second-order valence-corrected chi connectivity index (χ2v) is 9.52. The molecule has 180 valence electrons. The van der Waals surface area contributed by atoms with E-state index in [9.17, 15) is 18.3 Å². The summed E-state index contributed by atoms with van der Waals surface area (Å²) in [6.45, 7) is 3.42. The predicted molar refractivity (Wildman–Crippen MR) is 119 cm³/mol. The van der Waals surface area contributed by atoms with Crippen LogP contribution in [0, 0.1) is 5.41 Å². The van der Waals surface area contributed by atoms with Crippen LogP contribution >= 0.6 is 0 Å². The van der Waals surface area contributed by atoms with E-state index in [1.807, 2.05) is 60.7 Å². The van der Waals surface area contributed by atoms with Gasteiger partial charge in [-0.25, -0.2) is 0 Å². The SMILES string of the molecule is OC(c1ccccc1)(c1ccccc1)C12CC[N+](Cc3ccc(OC(F)(F)F)cc3)(CC1)C2.[Br-]. The first-order chi connectivity index (χ1) is 15.7. The third-order valence-corrected chi connectivity index (χ3v) is 7.59. The van der Waals surface area contributed by atoms with Gasteiger partial charge in [0.15, 0.2) is 0 Å². The molecule has 0 spiro atoms. The molecule has 3 aromatic rings. The summed E-state index contributed by atoms with van der Waals surface area (Å²) in [7, 11) is 0. The van der Waals surface area contributed by atoms with E-state index in [4.69, 9.17) is 0 Å². The standard InChI is InChI=1S/C27H27F3NO2.BrH/c28-27(29,30)33-24-13-11-21(12-14-24)19-31-17-15-25(20-31,16-18-31)26(32,22-7-3-1-4-8-22)23-9-5-2-6-10-23;/h1-14,32H,15-20H2;1H/q+1;/p-1. The molecule has 0 amide bonds. The van der Waals surface area contributed by atoms with Crippen LogP contribution < -0.4 is 21.7 Å². The van der Waals surface area contributed by atoms with Crippen molar-refractivity contribution in [2.45, 2.75) is 31.3 Å². The van der Waals surface area contributed by atoms with E-state index in [0.717, 1.165) is 60.2 Å². The lowest BCUT2D eigenvalue weighted by Gasteiger charge is -2.42. The molecule has 0 radical (unpaired) electrons. The van der Waals surface area contributed by atoms with E-state index < -0.39 is 12.0 Å². The van der Waals surface area contributed by atoms with Crippen molar-refractivity contribution in [2.75, 3.05) is 19.6 Å². The summed E-state index contributed by atoms with van der Waals surface area (Å²) < 4.78 is 42.3. The van der Waals surface area contributed by atoms with E-state index in [1.54, 1.807) is 12.1 Å². The highest BCUT2D eigenvalue weighted by Crippen LogP contribution is 2.58. The number of quaternary nitrogens is 1. The van der Waals surface area contributed by atoms with Crippen molar-refractivity contribution in [3.05, 3.63) is 102 Å². The minimum Gasteiger partial charge on any atom is -1.00 e. The molecule has 2 bridgehead atoms. The van der Waals surface area contributed by atoms with Gasteiger partial charge >= 0.3 is 6.36 Å². The molecule has 0 atom stereocenters. The van der Waals surface area contributed by atoms with E-state index >= 15 is 0 Å². The predicted octanol–water partition coefficient (Wildman–Crippen LogP) is 2.64. The molecule has 3 aromatic carbocycles. The zero-order valence-corrected chi connectivity index (χ0v) is 20.2. The van der Waals surface area contributed by atoms with Crippen molar-refractivity contribution in [2.24, 2.45) is 5.41 Å². The first kappa shape index (κ1) is 24.8. The van der Waals surface area contributed by atoms with Crippen LogP contribution in [0.4, 0.5) is 13.2 Å². The number of alkyl halides is 3. The quantitative estimate of drug-likeness (QED) is 0.493. The number of rotatable bonds is 6. The van der Waals surface area contributed by atoms with Crippen LogP contribution in [0.1, 0.15) is 29.5 Å². The second-order valence-electron chi connectivity index (χ2n) is 9.52. The molecular weight excluding hydrogens is 507 g/mol. The molecule has 1 N–H and O–H groups in total. The third-order valence-electron chi connectivity index (χ3n) is 7.59. The number of aliphatic hydroxyl groups is 1. The van der Waals surface area contributed by atoms with Crippen LogP contribution in [0.15, 0.2) is 84.9 Å². The van der Waals surface area contributed by atoms with Gasteiger partial charge in [0.2, 0.25) is 0 Å². The van der Waals surface area contributed by atoms with Gasteiger partial charge in [-0.1, -0.05) is 60.7 Å². The van der Waals surface area contributed by atoms with Gasteiger partial charge in [-0.3, -0.25) is 0 Å². The van der Waals surface area contributed by atoms with Crippen molar-refractivity contribution in [3.8, 4) is 5.75 Å². The smallest absolute Gasteiger partial charge is 0.573 e. The maximum atomic E-state index is 12.5. The normalized spacial score (nSPS) is 24.0. The molecule has 5 rings (SSSR count). The first-order valence-electron chi connectivity index (χ1n) is 11.3. The topological polar surface area (TPSA) is 29.5 Å². The van der Waals surface area contributed by atoms with Crippen LogP contribution in [0.3, 0.4) is 0 Å². The first-order valence-corrected chi connectivity index (χ1v) is 11.3. The van der Waals surface area contributed by atoms with Crippen molar-refractivity contribution in [1.82, 2.24) is 0 Å². The summed E-state index contributed by atoms with van der Waals surface area (Å²) in [5.74, 6) is -0.203. The molecule has 2 saturated heterocycles. The van der Waals surface area contributed by atoms with E-state index in [1.165, 1.54) is 12.1 Å². The average Bonchev–Trinajstić information content (AvgIpc) is 3.38. The van der Waals surface area contributed by atoms with Crippen LogP contribution in [0.2, 0.25) is 0 Å². The molecule has 7 heteroatoms. The monoisotopic (exact) mass is 533 g/mol. The lowest BCUT2D eigenvalue weighted by molar-refractivity contribution is -0.922. The van der Waals surface area contributed by atoms with Gasteiger partial charge in [-0.15, -0.1) is 13.2 Å². The highest BCUT2D eigenvalue weighted by molar-refractivity contribution is 5.40. The lowest BCUT2D eigenvalue weighted by Crippen LogP contribution is -3.00. The van der Waals surface area contributed by atoms with Crippen molar-refractivity contribution in [3.63, 3.8) is 0 Å². The van der Waals surface area contributed by atoms with Gasteiger partial charge < -0.3 is 31.3 Å². The molecule has 0 unspecified atom stereocenters. The zero-order chi connectivity index (χ0) is 23.2. The van der Waals surface area contributed by atoms with E-state index in [0.29, 0.717) is 0 Å². The fraction of sp³-hybridized carbons (Fsp3) is 0.333. The minimum atomic E-state index is -4.69. The van der Waals surface area contributed by atoms with Gasteiger partial charge in [-0.2, -0.15) is 0 Å². The maximum Gasteiger partial charge on any atom is 0.573 e. The Balaban J connectivity index is 0.00000274. The van der Waals surface area contributed by atoms with Crippen LogP contribution in [-0.2, 0) is 12.1 Å². The Kier molecular flexibility index (Phi) is 6.57. The summed E-state index contributed by atoms with van der Waals surface area (Å²) in [5.41, 5.74) is 1.40. The zero-order valence-electron chi connectivity index (χ0n) is 18.6. The van der Waals surface area contributed by atoms with Crippen LogP contribution in [-0.4, -0.2) is 35.6 Å². The molecule has 34 heavy (non-hydrogen) atoms. The number of ether oxygens (including phenoxy) is 1. The van der Waals surface area contributed by atoms with Gasteiger partial charge in [0.05, 0.1) is 25.0 Å². The van der Waals surface area contributed by atoms with Crippen molar-refractivity contribution >= 4 is 0 Å². The summed E-state index contributed by atoms with van der Waals surface area (Å²) >= 11 is 0. The Morgan fingerprint density at radius 1 is 0.794 bits per heavy atom. The Morgan fingerprint density at radius 2 is 1.29 bits per heavy atom. The highest BCUT2D eigenvalue weighted by atomic mass is 79.9. The molecule has 0 aliphatic carbocycles. The third kappa shape index (κ3) is 4.37. The minimum absolute atomic E-state index is 0. The summed E-state index contributed by atoms with van der Waals surface area (Å²) in [6.07, 6.45) is -2.91. The van der Waals surface area contributed by atoms with Gasteiger partial charge in [0, 0.05) is 18.4 Å². The Labute approximate surface area is 208 Å². The van der Waals surface area contributed by atoms with Crippen molar-refractivity contribution < 1.29 is 44.5 Å². The summed E-state index contributed by atoms with van der Waals surface area (Å²) in [6, 6.07) is 26.0. The van der Waals surface area contributed by atoms with Gasteiger partial charge in [0.1, 0.15) is 17.9 Å². The fourth-order valence-corrected chi connectivity index (χ4v) is 6.11. The maximum absolute atomic E-state index is 12.5. The molecular formula is C27H27BrF3NO2. The number of halogens is 4. The van der Waals surface area contributed by atoms with Crippen LogP contribution in [0.5, 0.6) is 5.75 Å². The number of benzene rings is 3. The van der Waals surface area contributed by atoms with E-state index in [-0.39, 0.29) is 28.1 Å². The van der Waals surface area contributed by atoms with Gasteiger partial charge in [0.25, 0.3) is 0 Å². The largest absolute Gasteiger partial charge is 1.00 e. The fourth-order valence-electron chi connectivity index (χ4n) is 6.11.